The number of hydrogen-bond acceptors (Lipinski definition) is 3. The summed E-state index contributed by atoms with van der Waals surface area (Å²) in [6, 6.07) is -1.18. The lowest BCUT2D eigenvalue weighted by atomic mass is 10.4. The molecule has 1 unspecified atom stereocenters. The van der Waals surface area contributed by atoms with Gasteiger partial charge in [-0.1, -0.05) is 23.2 Å². The van der Waals surface area contributed by atoms with Crippen LogP contribution in [0.25, 0.3) is 0 Å². The third-order valence-corrected chi connectivity index (χ3v) is 3.25. The van der Waals surface area contributed by atoms with Crippen LogP contribution < -0.4 is 5.73 Å². The summed E-state index contributed by atoms with van der Waals surface area (Å²) in [5.41, 5.74) is 6.01. The highest BCUT2D eigenvalue weighted by Crippen LogP contribution is 2.09. The Kier molecular flexibility index (Phi) is 5.48. The molecule has 0 aromatic heterocycles. The van der Waals surface area contributed by atoms with Gasteiger partial charge < -0.3 is 10.8 Å². The number of aliphatic carboxylic acids is 1. The number of nitrogens with two attached hydrogens (primary N) is 1. The van der Waals surface area contributed by atoms with Gasteiger partial charge >= 0.3 is 5.97 Å². The predicted molar refractivity (Wildman–Crippen MR) is 48.4 cm³/mol. The highest BCUT2D eigenvalue weighted by atomic mass is 35.5. The Morgan fingerprint density at radius 1 is 1.75 bits per heavy atom. The van der Waals surface area contributed by atoms with E-state index in [1.165, 1.54) is 0 Å². The van der Waals surface area contributed by atoms with Crippen molar-refractivity contribution in [2.75, 3.05) is 5.75 Å². The molecule has 12 heavy (non-hydrogen) atoms. The molecule has 0 aliphatic heterocycles. The minimum Gasteiger partial charge on any atom is -0.480 e. The fourth-order valence-electron chi connectivity index (χ4n) is 0.364. The van der Waals surface area contributed by atoms with Crippen LogP contribution in [0.4, 0.5) is 0 Å². The van der Waals surface area contributed by atoms with Crippen molar-refractivity contribution in [2.45, 2.75) is 6.04 Å². The topological polar surface area (TPSA) is 80.4 Å². The van der Waals surface area contributed by atoms with Crippen LogP contribution in [0.1, 0.15) is 0 Å². The third-order valence-electron chi connectivity index (χ3n) is 0.951. The quantitative estimate of drug-likeness (QED) is 0.736. The zero-order chi connectivity index (χ0) is 9.72. The van der Waals surface area contributed by atoms with Gasteiger partial charge in [0.25, 0.3) is 0 Å². The number of carboxylic acid groups (broad SMARTS) is 1. The summed E-state index contributed by atoms with van der Waals surface area (Å²) < 4.78 is 10.9. The SMILES string of the molecule is N[C@@H](CS(=O)/C(Cl)=C/Cl)C(=O)O. The summed E-state index contributed by atoms with van der Waals surface area (Å²) in [7, 11) is -1.63. The van der Waals surface area contributed by atoms with E-state index >= 15 is 0 Å². The highest BCUT2D eigenvalue weighted by Gasteiger charge is 2.16. The van der Waals surface area contributed by atoms with E-state index in [0.717, 1.165) is 5.54 Å². The zero-order valence-electron chi connectivity index (χ0n) is 5.87. The normalized spacial score (nSPS) is 17.1. The van der Waals surface area contributed by atoms with Crippen molar-refractivity contribution in [3.63, 3.8) is 0 Å². The van der Waals surface area contributed by atoms with Gasteiger partial charge in [-0.25, -0.2) is 0 Å². The van der Waals surface area contributed by atoms with E-state index in [1.54, 1.807) is 0 Å². The number of rotatable bonds is 4. The Labute approximate surface area is 81.8 Å². The molecule has 0 saturated carbocycles. The van der Waals surface area contributed by atoms with Crippen molar-refractivity contribution in [3.05, 3.63) is 9.90 Å². The molecule has 0 aromatic carbocycles. The second-order valence-corrected chi connectivity index (χ2v) is 4.18. The van der Waals surface area contributed by atoms with Gasteiger partial charge in [0.2, 0.25) is 0 Å². The first-order chi connectivity index (χ1) is 5.49. The Morgan fingerprint density at radius 3 is 2.58 bits per heavy atom. The highest BCUT2D eigenvalue weighted by molar-refractivity contribution is 7.90. The number of hydrogen-bond donors (Lipinski definition) is 2. The lowest BCUT2D eigenvalue weighted by Crippen LogP contribution is -2.35. The lowest BCUT2D eigenvalue weighted by molar-refractivity contribution is -0.137. The van der Waals surface area contributed by atoms with Gasteiger partial charge in [0.05, 0.1) is 16.6 Å². The van der Waals surface area contributed by atoms with E-state index in [-0.39, 0.29) is 10.1 Å². The minimum absolute atomic E-state index is 0.103. The second-order valence-electron chi connectivity index (χ2n) is 1.87. The molecule has 0 fully saturated rings. The van der Waals surface area contributed by atoms with Gasteiger partial charge in [0.15, 0.2) is 0 Å². The summed E-state index contributed by atoms with van der Waals surface area (Å²) in [5.74, 6) is -1.46. The average molecular weight is 232 g/mol. The van der Waals surface area contributed by atoms with Gasteiger partial charge in [0, 0.05) is 5.54 Å². The summed E-state index contributed by atoms with van der Waals surface area (Å²) in [4.78, 5) is 10.2. The van der Waals surface area contributed by atoms with E-state index in [1.807, 2.05) is 0 Å². The average Bonchev–Trinajstić information content (AvgIpc) is 2.02. The Hall–Kier alpha value is -0.100. The van der Waals surface area contributed by atoms with E-state index in [0.29, 0.717) is 0 Å². The molecule has 0 rings (SSSR count). The van der Waals surface area contributed by atoms with Crippen molar-refractivity contribution in [2.24, 2.45) is 5.73 Å². The molecule has 0 radical (unpaired) electrons. The smallest absolute Gasteiger partial charge is 0.321 e. The maximum atomic E-state index is 11.0. The van der Waals surface area contributed by atoms with Gasteiger partial charge in [-0.3, -0.25) is 9.00 Å². The molecule has 70 valence electrons. The van der Waals surface area contributed by atoms with Crippen LogP contribution in [0.5, 0.6) is 0 Å². The van der Waals surface area contributed by atoms with Crippen LogP contribution in [0.2, 0.25) is 0 Å². The predicted octanol–water partition coefficient (Wildman–Crippen LogP) is 0.423. The summed E-state index contributed by atoms with van der Waals surface area (Å²) in [6.07, 6.45) is 0. The first-order valence-corrected chi connectivity index (χ1v) is 4.95. The van der Waals surface area contributed by atoms with Gasteiger partial charge in [-0.15, -0.1) is 0 Å². The van der Waals surface area contributed by atoms with Crippen molar-refractivity contribution in [3.8, 4) is 0 Å². The number of carboxylic acids is 1. The van der Waals surface area contributed by atoms with E-state index in [9.17, 15) is 9.00 Å². The summed E-state index contributed by atoms with van der Waals surface area (Å²) in [5, 5.41) is 8.33. The van der Waals surface area contributed by atoms with E-state index in [4.69, 9.17) is 34.0 Å². The molecule has 0 heterocycles. The molecule has 0 spiro atoms. The van der Waals surface area contributed by atoms with Gasteiger partial charge in [-0.05, 0) is 0 Å². The van der Waals surface area contributed by atoms with Crippen LogP contribution in [-0.4, -0.2) is 27.1 Å². The molecule has 0 aliphatic rings. The second kappa shape index (κ2) is 5.53. The molecule has 0 aliphatic carbocycles. The molecule has 0 bridgehead atoms. The maximum absolute atomic E-state index is 11.0. The fourth-order valence-corrected chi connectivity index (χ4v) is 1.58. The lowest BCUT2D eigenvalue weighted by Gasteiger charge is -2.03. The van der Waals surface area contributed by atoms with Crippen LogP contribution in [-0.2, 0) is 15.6 Å². The Morgan fingerprint density at radius 2 is 2.25 bits per heavy atom. The molecular weight excluding hydrogens is 225 g/mol. The molecule has 0 aromatic rings. The maximum Gasteiger partial charge on any atom is 0.321 e. The molecular formula is C5H7Cl2NO3S. The van der Waals surface area contributed by atoms with Crippen LogP contribution in [0.3, 0.4) is 0 Å². The standard InChI is InChI=1S/C5H7Cl2NO3S/c6-1-4(7)12(11)2-3(8)5(9)10/h1,3H,2,8H2,(H,9,10)/b4-1+/t3-,12?/m0/s1. The van der Waals surface area contributed by atoms with E-state index < -0.39 is 22.8 Å². The first kappa shape index (κ1) is 11.9. The molecule has 0 saturated heterocycles. The van der Waals surface area contributed by atoms with Crippen LogP contribution >= 0.6 is 23.2 Å². The minimum atomic E-state index is -1.63. The largest absolute Gasteiger partial charge is 0.480 e. The van der Waals surface area contributed by atoms with Crippen molar-refractivity contribution in [1.82, 2.24) is 0 Å². The van der Waals surface area contributed by atoms with Gasteiger partial charge in [0.1, 0.15) is 10.4 Å². The number of carbonyl (C=O) groups is 1. The van der Waals surface area contributed by atoms with Crippen molar-refractivity contribution in [1.29, 1.82) is 0 Å². The Balaban J connectivity index is 4.11. The summed E-state index contributed by atoms with van der Waals surface area (Å²) in [6.45, 7) is 0. The first-order valence-electron chi connectivity index (χ1n) is 2.81. The summed E-state index contributed by atoms with van der Waals surface area (Å²) >= 11 is 10.5. The van der Waals surface area contributed by atoms with Crippen LogP contribution in [0, 0.1) is 0 Å². The third kappa shape index (κ3) is 4.06. The monoisotopic (exact) mass is 231 g/mol. The van der Waals surface area contributed by atoms with E-state index in [2.05, 4.69) is 0 Å². The molecule has 7 heteroatoms. The molecule has 2 atom stereocenters. The molecule has 3 N–H and O–H groups in total. The number of halogens is 2. The molecule has 0 amide bonds. The van der Waals surface area contributed by atoms with Crippen LogP contribution in [0.15, 0.2) is 9.90 Å². The Bertz CT molecular complexity index is 231. The zero-order valence-corrected chi connectivity index (χ0v) is 8.20. The fraction of sp³-hybridized carbons (Fsp3) is 0.400. The van der Waals surface area contributed by atoms with Crippen molar-refractivity contribution < 1.29 is 14.1 Å². The molecule has 4 nitrogen and oxygen atoms in total. The van der Waals surface area contributed by atoms with Gasteiger partial charge in [-0.2, -0.15) is 0 Å². The van der Waals surface area contributed by atoms with Crippen molar-refractivity contribution >= 4 is 40.0 Å².